The average molecular weight is 638 g/mol. The van der Waals surface area contributed by atoms with Crippen molar-refractivity contribution in [3.05, 3.63) is 88.1 Å². The van der Waals surface area contributed by atoms with Crippen LogP contribution in [0.5, 0.6) is 0 Å². The molecule has 148 valence electrons. The van der Waals surface area contributed by atoms with E-state index in [0.717, 1.165) is 43.8 Å². The number of benzene rings is 2. The van der Waals surface area contributed by atoms with Crippen LogP contribution in [0.3, 0.4) is 0 Å². The predicted molar refractivity (Wildman–Crippen MR) is 142 cm³/mol. The van der Waals surface area contributed by atoms with Gasteiger partial charge in [-0.2, -0.15) is 0 Å². The highest BCUT2D eigenvalue weighted by atomic mass is 127. The molecule has 0 atom stereocenters. The lowest BCUT2D eigenvalue weighted by Crippen LogP contribution is -2.15. The molecule has 2 aromatic carbocycles. The van der Waals surface area contributed by atoms with Gasteiger partial charge in [-0.1, -0.05) is 54.7 Å². The maximum absolute atomic E-state index is 11.5. The molecule has 4 aromatic rings. The molecular weight excluding hydrogens is 618 g/mol. The van der Waals surface area contributed by atoms with E-state index >= 15 is 0 Å². The third-order valence-corrected chi connectivity index (χ3v) is 4.49. The minimum absolute atomic E-state index is 0.0631. The summed E-state index contributed by atoms with van der Waals surface area (Å²) in [6.07, 6.45) is 3.77. The highest BCUT2D eigenvalue weighted by Crippen LogP contribution is 2.13. The van der Waals surface area contributed by atoms with Crippen molar-refractivity contribution in [3.8, 4) is 0 Å². The van der Waals surface area contributed by atoms with Gasteiger partial charge in [0.1, 0.15) is 27.6 Å². The molecule has 0 aliphatic heterocycles. The van der Waals surface area contributed by atoms with Crippen LogP contribution < -0.4 is 5.56 Å². The number of hydrogen-bond acceptors (Lipinski definition) is 4. The first-order valence-electron chi connectivity index (χ1n) is 8.00. The standard InChI is InChI=1S/C10H9NO.C10H9NS.HIO.HIS/c2*1-11-7-6-8-4-2-3-5-9(8)10(11)12;2*1-2/h2*2-7H,1H3;2*2H. The van der Waals surface area contributed by atoms with Crippen molar-refractivity contribution in [3.63, 3.8) is 0 Å². The second-order valence-electron chi connectivity index (χ2n) is 5.64. The lowest BCUT2D eigenvalue weighted by Gasteiger charge is -2.01. The van der Waals surface area contributed by atoms with E-state index in [-0.39, 0.29) is 5.56 Å². The third-order valence-electron chi connectivity index (χ3n) is 3.98. The van der Waals surface area contributed by atoms with Gasteiger partial charge in [0.25, 0.3) is 5.56 Å². The SMILES string of the molecule is Cn1ccc2ccccc2c1=O.Cn1ccc2ccccc2c1=S.OI.SI. The van der Waals surface area contributed by atoms with Crippen LogP contribution in [0.25, 0.3) is 21.5 Å². The van der Waals surface area contributed by atoms with Gasteiger partial charge in [-0.15, -0.1) is 9.80 Å². The number of thiol groups is 1. The van der Waals surface area contributed by atoms with Crippen LogP contribution >= 0.6 is 66.2 Å². The average Bonchev–Trinajstić information content (AvgIpc) is 2.77. The van der Waals surface area contributed by atoms with Crippen molar-refractivity contribution in [2.24, 2.45) is 14.1 Å². The van der Waals surface area contributed by atoms with Gasteiger partial charge < -0.3 is 12.6 Å². The smallest absolute Gasteiger partial charge is 0.258 e. The van der Waals surface area contributed by atoms with Crippen LogP contribution in [0.15, 0.2) is 77.9 Å². The number of nitrogens with zero attached hydrogens (tertiary/aromatic N) is 2. The van der Waals surface area contributed by atoms with Crippen LogP contribution in [0.4, 0.5) is 0 Å². The van der Waals surface area contributed by atoms with Crippen molar-refractivity contribution in [2.45, 2.75) is 0 Å². The Morgan fingerprint density at radius 3 is 1.79 bits per heavy atom. The molecule has 28 heavy (non-hydrogen) atoms. The highest BCUT2D eigenvalue weighted by molar-refractivity contribution is 14.2. The van der Waals surface area contributed by atoms with Crippen LogP contribution in [0.1, 0.15) is 0 Å². The van der Waals surface area contributed by atoms with Gasteiger partial charge in [-0.25, -0.2) is 0 Å². The van der Waals surface area contributed by atoms with E-state index in [2.05, 4.69) is 28.0 Å². The minimum atomic E-state index is 0.0631. The summed E-state index contributed by atoms with van der Waals surface area (Å²) in [5.41, 5.74) is 0.0631. The fraction of sp³-hybridized carbons (Fsp3) is 0.100. The zero-order valence-electron chi connectivity index (χ0n) is 15.3. The molecule has 2 aromatic heterocycles. The second kappa shape index (κ2) is 13.3. The third kappa shape index (κ3) is 6.55. The number of rotatable bonds is 0. The fourth-order valence-corrected chi connectivity index (χ4v) is 2.82. The van der Waals surface area contributed by atoms with Gasteiger partial charge in [-0.3, -0.25) is 4.79 Å². The first kappa shape index (κ1) is 25.1. The molecule has 0 saturated heterocycles. The molecule has 0 aliphatic carbocycles. The summed E-state index contributed by atoms with van der Waals surface area (Å²) in [5, 5.41) is 4.14. The minimum Gasteiger partial charge on any atom is -0.342 e. The molecule has 8 heteroatoms. The van der Waals surface area contributed by atoms with Crippen LogP contribution in [-0.2, 0) is 14.1 Å². The van der Waals surface area contributed by atoms with E-state index in [1.54, 1.807) is 17.8 Å². The van der Waals surface area contributed by atoms with Crippen molar-refractivity contribution in [2.75, 3.05) is 0 Å². The molecule has 0 fully saturated rings. The topological polar surface area (TPSA) is 47.2 Å². The maximum Gasteiger partial charge on any atom is 0.258 e. The Bertz CT molecular complexity index is 1050. The summed E-state index contributed by atoms with van der Waals surface area (Å²) in [6, 6.07) is 19.8. The Labute approximate surface area is 200 Å². The van der Waals surface area contributed by atoms with E-state index in [4.69, 9.17) is 15.7 Å². The second-order valence-corrected chi connectivity index (χ2v) is 6.02. The largest absolute Gasteiger partial charge is 0.342 e. The number of hydrogen-bond donors (Lipinski definition) is 2. The summed E-state index contributed by atoms with van der Waals surface area (Å²) >= 11 is 8.25. The van der Waals surface area contributed by atoms with Crippen molar-refractivity contribution < 1.29 is 3.44 Å². The molecule has 0 radical (unpaired) electrons. The highest BCUT2D eigenvalue weighted by Gasteiger charge is 1.96. The quantitative estimate of drug-likeness (QED) is 0.140. The Morgan fingerprint density at radius 1 is 0.786 bits per heavy atom. The van der Waals surface area contributed by atoms with Crippen LogP contribution in [0, 0.1) is 4.64 Å². The normalized spacial score (nSPS) is 9.36. The van der Waals surface area contributed by atoms with Crippen LogP contribution in [-0.4, -0.2) is 12.6 Å². The molecular formula is C20H20I2N2O2S2. The van der Waals surface area contributed by atoms with Crippen molar-refractivity contribution in [1.82, 2.24) is 9.13 Å². The van der Waals surface area contributed by atoms with E-state index in [1.807, 2.05) is 81.5 Å². The summed E-state index contributed by atoms with van der Waals surface area (Å²) in [7, 11) is 7.22. The molecule has 0 bridgehead atoms. The van der Waals surface area contributed by atoms with E-state index in [1.165, 1.54) is 5.39 Å². The summed E-state index contributed by atoms with van der Waals surface area (Å²) < 4.78 is 11.4. The Hall–Kier alpha value is -0.950. The Kier molecular flexibility index (Phi) is 11.9. The summed E-state index contributed by atoms with van der Waals surface area (Å²) in [6.45, 7) is 0. The predicted octanol–water partition coefficient (Wildman–Crippen LogP) is 6.04. The summed E-state index contributed by atoms with van der Waals surface area (Å²) in [5.74, 6) is 0. The van der Waals surface area contributed by atoms with Gasteiger partial charge in [0, 0.05) is 37.3 Å². The molecule has 2 heterocycles. The van der Waals surface area contributed by atoms with Gasteiger partial charge >= 0.3 is 0 Å². The number of halogens is 2. The van der Waals surface area contributed by atoms with Gasteiger partial charge in [0.2, 0.25) is 0 Å². The van der Waals surface area contributed by atoms with Crippen LogP contribution in [0.2, 0.25) is 0 Å². The zero-order valence-corrected chi connectivity index (χ0v) is 21.3. The molecule has 1 N–H and O–H groups in total. The maximum atomic E-state index is 11.5. The van der Waals surface area contributed by atoms with E-state index < -0.39 is 0 Å². The summed E-state index contributed by atoms with van der Waals surface area (Å²) in [4.78, 5) is 11.5. The monoisotopic (exact) mass is 638 g/mol. The Balaban J connectivity index is 0.000000238. The number of pyridine rings is 2. The van der Waals surface area contributed by atoms with E-state index in [0.29, 0.717) is 0 Å². The molecule has 0 unspecified atom stereocenters. The lowest BCUT2D eigenvalue weighted by atomic mass is 10.2. The zero-order chi connectivity index (χ0) is 21.1. The first-order chi connectivity index (χ1) is 13.6. The van der Waals surface area contributed by atoms with Gasteiger partial charge in [-0.05, 0) is 50.2 Å². The van der Waals surface area contributed by atoms with Gasteiger partial charge in [0.05, 0.1) is 0 Å². The number of aromatic nitrogens is 2. The molecule has 4 rings (SSSR count). The Morgan fingerprint density at radius 2 is 1.21 bits per heavy atom. The lowest BCUT2D eigenvalue weighted by molar-refractivity contribution is 0.748. The number of aryl methyl sites for hydroxylation is 2. The molecule has 0 aliphatic rings. The van der Waals surface area contributed by atoms with Gasteiger partial charge in [0.15, 0.2) is 0 Å². The molecule has 0 spiro atoms. The van der Waals surface area contributed by atoms with Crippen molar-refractivity contribution >= 4 is 87.8 Å². The number of fused-ring (bicyclic) bond motifs is 2. The first-order valence-corrected chi connectivity index (χ1v) is 12.6. The molecule has 0 amide bonds. The van der Waals surface area contributed by atoms with E-state index in [9.17, 15) is 4.79 Å². The molecule has 0 saturated carbocycles. The van der Waals surface area contributed by atoms with Crippen molar-refractivity contribution in [1.29, 1.82) is 0 Å². The molecule has 4 nitrogen and oxygen atoms in total. The fourth-order valence-electron chi connectivity index (χ4n) is 2.57.